The molecule has 0 aromatic carbocycles. The summed E-state index contributed by atoms with van der Waals surface area (Å²) < 4.78 is 0. The highest BCUT2D eigenvalue weighted by Crippen LogP contribution is 2.68. The van der Waals surface area contributed by atoms with E-state index in [0.29, 0.717) is 11.8 Å². The van der Waals surface area contributed by atoms with Gasteiger partial charge in [-0.1, -0.05) is 6.58 Å². The molecule has 3 saturated carbocycles. The van der Waals surface area contributed by atoms with Crippen LogP contribution in [-0.2, 0) is 0 Å². The highest BCUT2D eigenvalue weighted by Gasteiger charge is 2.66. The predicted octanol–water partition coefficient (Wildman–Crippen LogP) is 2.50. The standard InChI is InChI=1S/C15H24O2/c1-10(9-16)11-5-6-15(8-11)13-4-3-12(7-13)14(15,2)17/h11-13,16-17H,1,3-9H2,2H3/t11-,12?,13?,14+,15+/m1/s1. The maximum Gasteiger partial charge on any atom is 0.0706 e. The van der Waals surface area contributed by atoms with Gasteiger partial charge in [0.15, 0.2) is 0 Å². The zero-order valence-electron chi connectivity index (χ0n) is 10.8. The van der Waals surface area contributed by atoms with E-state index in [-0.39, 0.29) is 12.0 Å². The lowest BCUT2D eigenvalue weighted by Crippen LogP contribution is -2.49. The molecular weight excluding hydrogens is 212 g/mol. The van der Waals surface area contributed by atoms with Gasteiger partial charge < -0.3 is 10.2 Å². The van der Waals surface area contributed by atoms with Gasteiger partial charge in [0.05, 0.1) is 12.2 Å². The number of rotatable bonds is 2. The lowest BCUT2D eigenvalue weighted by atomic mass is 9.62. The second-order valence-electron chi connectivity index (χ2n) is 6.77. The van der Waals surface area contributed by atoms with Crippen molar-refractivity contribution in [1.29, 1.82) is 0 Å². The van der Waals surface area contributed by atoms with E-state index in [4.69, 9.17) is 0 Å². The van der Waals surface area contributed by atoms with Crippen LogP contribution in [-0.4, -0.2) is 22.4 Å². The molecule has 0 heterocycles. The predicted molar refractivity (Wildman–Crippen MR) is 67.5 cm³/mol. The normalized spacial score (nSPS) is 52.5. The molecule has 0 saturated heterocycles. The van der Waals surface area contributed by atoms with Crippen LogP contribution in [0.3, 0.4) is 0 Å². The smallest absolute Gasteiger partial charge is 0.0706 e. The Morgan fingerprint density at radius 2 is 2.00 bits per heavy atom. The number of hydrogen-bond acceptors (Lipinski definition) is 2. The average molecular weight is 236 g/mol. The third kappa shape index (κ3) is 1.34. The first-order valence-electron chi connectivity index (χ1n) is 7.02. The first kappa shape index (κ1) is 11.7. The molecule has 0 radical (unpaired) electrons. The van der Waals surface area contributed by atoms with E-state index in [1.54, 1.807) is 0 Å². The minimum absolute atomic E-state index is 0.108. The molecule has 2 unspecified atom stereocenters. The first-order valence-corrected chi connectivity index (χ1v) is 7.02. The Morgan fingerprint density at radius 3 is 2.59 bits per heavy atom. The van der Waals surface area contributed by atoms with Crippen LogP contribution in [0.5, 0.6) is 0 Å². The Balaban J connectivity index is 1.86. The molecule has 2 nitrogen and oxygen atoms in total. The van der Waals surface area contributed by atoms with Crippen LogP contribution < -0.4 is 0 Å². The quantitative estimate of drug-likeness (QED) is 0.723. The Bertz CT molecular complexity index is 347. The zero-order chi connectivity index (χ0) is 12.3. The van der Waals surface area contributed by atoms with Crippen molar-refractivity contribution >= 4 is 0 Å². The molecule has 17 heavy (non-hydrogen) atoms. The lowest BCUT2D eigenvalue weighted by Gasteiger charge is -2.46. The average Bonchev–Trinajstić information content (AvgIpc) is 2.97. The monoisotopic (exact) mass is 236 g/mol. The van der Waals surface area contributed by atoms with E-state index < -0.39 is 5.60 Å². The first-order chi connectivity index (χ1) is 8.01. The van der Waals surface area contributed by atoms with Crippen LogP contribution in [0, 0.1) is 23.2 Å². The van der Waals surface area contributed by atoms with Crippen LogP contribution in [0.15, 0.2) is 12.2 Å². The zero-order valence-corrected chi connectivity index (χ0v) is 10.8. The molecule has 3 aliphatic rings. The Labute approximate surface area is 104 Å². The summed E-state index contributed by atoms with van der Waals surface area (Å²) in [5.74, 6) is 1.68. The van der Waals surface area contributed by atoms with Crippen molar-refractivity contribution in [1.82, 2.24) is 0 Å². The van der Waals surface area contributed by atoms with Crippen molar-refractivity contribution < 1.29 is 10.2 Å². The van der Waals surface area contributed by atoms with E-state index in [0.717, 1.165) is 30.8 Å². The highest BCUT2D eigenvalue weighted by molar-refractivity contribution is 5.19. The topological polar surface area (TPSA) is 40.5 Å². The van der Waals surface area contributed by atoms with Crippen LogP contribution in [0.1, 0.15) is 45.4 Å². The van der Waals surface area contributed by atoms with Gasteiger partial charge in [-0.15, -0.1) is 0 Å². The summed E-state index contributed by atoms with van der Waals surface area (Å²) in [6.45, 7) is 6.17. The molecule has 3 aliphatic carbocycles. The maximum absolute atomic E-state index is 10.9. The fourth-order valence-corrected chi connectivity index (χ4v) is 5.20. The number of aliphatic hydroxyl groups excluding tert-OH is 1. The molecule has 3 fully saturated rings. The molecule has 3 rings (SSSR count). The Kier molecular flexibility index (Phi) is 2.47. The summed E-state index contributed by atoms with van der Waals surface area (Å²) >= 11 is 0. The molecule has 2 N–H and O–H groups in total. The van der Waals surface area contributed by atoms with Gasteiger partial charge in [-0.25, -0.2) is 0 Å². The van der Waals surface area contributed by atoms with Gasteiger partial charge >= 0.3 is 0 Å². The van der Waals surface area contributed by atoms with E-state index >= 15 is 0 Å². The molecule has 5 atom stereocenters. The molecule has 0 aromatic heterocycles. The number of fused-ring (bicyclic) bond motifs is 3. The largest absolute Gasteiger partial charge is 0.392 e. The van der Waals surface area contributed by atoms with Crippen molar-refractivity contribution in [2.45, 2.75) is 51.0 Å². The van der Waals surface area contributed by atoms with E-state index in [1.807, 2.05) is 0 Å². The minimum atomic E-state index is -0.472. The molecule has 0 aromatic rings. The van der Waals surface area contributed by atoms with Gasteiger partial charge in [0.2, 0.25) is 0 Å². The SMILES string of the molecule is C=C(CO)[C@@H]1CC[C@]2(C1)C1CCC(C1)[C@]2(C)O. The van der Waals surface area contributed by atoms with Gasteiger partial charge in [-0.05, 0) is 68.8 Å². The van der Waals surface area contributed by atoms with Gasteiger partial charge in [0, 0.05) is 5.41 Å². The highest BCUT2D eigenvalue weighted by atomic mass is 16.3. The summed E-state index contributed by atoms with van der Waals surface area (Å²) in [5, 5.41) is 20.1. The second kappa shape index (κ2) is 3.58. The molecule has 2 heteroatoms. The van der Waals surface area contributed by atoms with Gasteiger partial charge in [0.25, 0.3) is 0 Å². The fraction of sp³-hybridized carbons (Fsp3) is 0.867. The molecule has 0 amide bonds. The van der Waals surface area contributed by atoms with E-state index in [2.05, 4.69) is 13.5 Å². The number of hydrogen-bond donors (Lipinski definition) is 2. The Morgan fingerprint density at radius 1 is 1.29 bits per heavy atom. The van der Waals surface area contributed by atoms with E-state index in [9.17, 15) is 10.2 Å². The van der Waals surface area contributed by atoms with Crippen LogP contribution >= 0.6 is 0 Å². The van der Waals surface area contributed by atoms with Gasteiger partial charge in [-0.3, -0.25) is 0 Å². The van der Waals surface area contributed by atoms with Crippen molar-refractivity contribution in [3.8, 4) is 0 Å². The third-order valence-electron chi connectivity index (χ3n) is 6.35. The lowest BCUT2D eigenvalue weighted by molar-refractivity contribution is -0.108. The fourth-order valence-electron chi connectivity index (χ4n) is 5.20. The maximum atomic E-state index is 10.9. The van der Waals surface area contributed by atoms with Gasteiger partial charge in [0.1, 0.15) is 0 Å². The summed E-state index contributed by atoms with van der Waals surface area (Å²) in [5.41, 5.74) is 0.638. The molecular formula is C15H24O2. The molecule has 0 aliphatic heterocycles. The third-order valence-corrected chi connectivity index (χ3v) is 6.35. The van der Waals surface area contributed by atoms with Crippen LogP contribution in [0.25, 0.3) is 0 Å². The van der Waals surface area contributed by atoms with Gasteiger partial charge in [-0.2, -0.15) is 0 Å². The molecule has 2 bridgehead atoms. The number of aliphatic hydroxyl groups is 2. The van der Waals surface area contributed by atoms with Crippen molar-refractivity contribution in [2.24, 2.45) is 23.2 Å². The van der Waals surface area contributed by atoms with Crippen LogP contribution in [0.2, 0.25) is 0 Å². The molecule has 96 valence electrons. The summed E-state index contributed by atoms with van der Waals surface area (Å²) in [7, 11) is 0. The Hall–Kier alpha value is -0.340. The van der Waals surface area contributed by atoms with E-state index in [1.165, 1.54) is 19.3 Å². The van der Waals surface area contributed by atoms with Crippen LogP contribution in [0.4, 0.5) is 0 Å². The summed E-state index contributed by atoms with van der Waals surface area (Å²) in [6.07, 6.45) is 7.04. The van der Waals surface area contributed by atoms with Crippen molar-refractivity contribution in [3.05, 3.63) is 12.2 Å². The summed E-state index contributed by atoms with van der Waals surface area (Å²) in [6, 6.07) is 0. The van der Waals surface area contributed by atoms with Crippen molar-refractivity contribution in [2.75, 3.05) is 6.61 Å². The second-order valence-corrected chi connectivity index (χ2v) is 6.77. The van der Waals surface area contributed by atoms with Crippen molar-refractivity contribution in [3.63, 3.8) is 0 Å². The summed E-state index contributed by atoms with van der Waals surface area (Å²) in [4.78, 5) is 0. The molecule has 1 spiro atoms. The minimum Gasteiger partial charge on any atom is -0.392 e.